The minimum atomic E-state index is -0.875. The highest BCUT2D eigenvalue weighted by Gasteiger charge is 2.54. The number of rotatable bonds is 7. The van der Waals surface area contributed by atoms with Crippen LogP contribution in [0.15, 0.2) is 0 Å². The highest BCUT2D eigenvalue weighted by molar-refractivity contribution is 8.00. The van der Waals surface area contributed by atoms with Gasteiger partial charge in [-0.2, -0.15) is 30.7 Å². The van der Waals surface area contributed by atoms with Crippen LogP contribution in [0.3, 0.4) is 0 Å². The number of hydrogen-bond acceptors (Lipinski definition) is 13. The number of ether oxygens (including phenoxy) is 1. The highest BCUT2D eigenvalue weighted by atomic mass is 32.2. The van der Waals surface area contributed by atoms with Gasteiger partial charge in [0.2, 0.25) is 11.9 Å². The van der Waals surface area contributed by atoms with Crippen LogP contribution in [0, 0.1) is 34.0 Å². The van der Waals surface area contributed by atoms with Gasteiger partial charge in [0.1, 0.15) is 35.9 Å². The van der Waals surface area contributed by atoms with E-state index in [9.17, 15) is 20.2 Å². The number of fused-ring (bicyclic) bond motifs is 3. The van der Waals surface area contributed by atoms with Crippen molar-refractivity contribution < 1.29 is 9.13 Å². The van der Waals surface area contributed by atoms with E-state index < -0.39 is 11.7 Å². The molecule has 1 spiro atoms. The number of hydrogen-bond donors (Lipinski definition) is 1. The third-order valence-corrected chi connectivity index (χ3v) is 11.6. The van der Waals surface area contributed by atoms with E-state index in [4.69, 9.17) is 15.5 Å². The van der Waals surface area contributed by atoms with Crippen molar-refractivity contribution >= 4 is 40.0 Å². The normalized spacial score (nSPS) is 26.9. The van der Waals surface area contributed by atoms with Crippen LogP contribution in [0.1, 0.15) is 48.1 Å². The van der Waals surface area contributed by atoms with E-state index in [0.717, 1.165) is 35.6 Å². The third-order valence-electron chi connectivity index (χ3n) is 8.97. The molecule has 2 aromatic rings. The average Bonchev–Trinajstić information content (AvgIpc) is 3.13. The predicted octanol–water partition coefficient (Wildman–Crippen LogP) is 2.69. The lowest BCUT2D eigenvalue weighted by Crippen LogP contribution is -2.57. The van der Waals surface area contributed by atoms with Gasteiger partial charge in [-0.1, -0.05) is 0 Å². The molecule has 0 unspecified atom stereocenters. The Labute approximate surface area is 239 Å². The number of thioether (sulfide) groups is 1. The summed E-state index contributed by atoms with van der Waals surface area (Å²) in [5.74, 6) is 1.44. The zero-order chi connectivity index (χ0) is 27.7. The fourth-order valence-corrected chi connectivity index (χ4v) is 9.59. The molecule has 5 aliphatic rings. The Morgan fingerprint density at radius 3 is 2.73 bits per heavy atom. The molecule has 7 rings (SSSR count). The van der Waals surface area contributed by atoms with Crippen LogP contribution in [0.5, 0.6) is 6.01 Å². The molecule has 2 aromatic heterocycles. The molecule has 6 heterocycles. The molecular weight excluding hydrogens is 551 g/mol. The second-order valence-corrected chi connectivity index (χ2v) is 13.9. The lowest BCUT2D eigenvalue weighted by molar-refractivity contribution is 0.107. The van der Waals surface area contributed by atoms with Crippen molar-refractivity contribution in [2.24, 2.45) is 0 Å². The van der Waals surface area contributed by atoms with Gasteiger partial charge in [-0.05, 0) is 32.2 Å². The van der Waals surface area contributed by atoms with E-state index in [1.807, 2.05) is 4.90 Å². The summed E-state index contributed by atoms with van der Waals surface area (Å²) in [6.45, 7) is 2.67. The fraction of sp³-hybridized carbons (Fsp3) is 0.615. The molecular formula is C26H27FN10OS2. The van der Waals surface area contributed by atoms with Crippen LogP contribution in [-0.4, -0.2) is 76.4 Å². The second-order valence-electron chi connectivity index (χ2n) is 11.4. The quantitative estimate of drug-likeness (QED) is 0.480. The Balaban J connectivity index is 1.20. The van der Waals surface area contributed by atoms with Gasteiger partial charge in [-0.25, -0.2) is 4.39 Å². The molecule has 1 aliphatic carbocycles. The minimum Gasteiger partial charge on any atom is -0.461 e. The zero-order valence-corrected chi connectivity index (χ0v) is 23.4. The number of anilines is 3. The molecule has 14 heteroatoms. The molecule has 2 N–H and O–H groups in total. The van der Waals surface area contributed by atoms with Crippen molar-refractivity contribution in [1.29, 1.82) is 15.8 Å². The van der Waals surface area contributed by atoms with Crippen molar-refractivity contribution in [3.05, 3.63) is 16.0 Å². The number of nitriles is 3. The molecule has 0 amide bonds. The van der Waals surface area contributed by atoms with Crippen molar-refractivity contribution in [1.82, 2.24) is 19.9 Å². The number of nitrogen functional groups attached to an aromatic ring is 1. The summed E-state index contributed by atoms with van der Waals surface area (Å²) in [6, 6.07) is 6.88. The highest BCUT2D eigenvalue weighted by Crippen LogP contribution is 2.58. The van der Waals surface area contributed by atoms with Crippen molar-refractivity contribution in [2.75, 3.05) is 54.9 Å². The first-order valence-electron chi connectivity index (χ1n) is 13.4. The molecule has 4 aliphatic heterocycles. The van der Waals surface area contributed by atoms with Crippen LogP contribution in [0.2, 0.25) is 0 Å². The van der Waals surface area contributed by atoms with Crippen molar-refractivity contribution in [2.45, 2.75) is 59.9 Å². The Bertz CT molecular complexity index is 1500. The van der Waals surface area contributed by atoms with Crippen LogP contribution >= 0.6 is 23.1 Å². The maximum atomic E-state index is 14.3. The van der Waals surface area contributed by atoms with Crippen LogP contribution < -0.4 is 20.3 Å². The summed E-state index contributed by atoms with van der Waals surface area (Å²) in [5, 5.41) is 29.7. The summed E-state index contributed by atoms with van der Waals surface area (Å²) in [6.07, 6.45) is 2.66. The molecule has 4 fully saturated rings. The topological polar surface area (TPSA) is 155 Å². The SMILES string of the molecule is N#CCN(c1nc(OC[C@@]23CCCN2C[C@H](F)C3)nc(N2CC3(C2)SCc2sc(N)c(C#N)c23)n1)C1(C#N)CC1. The molecule has 11 nitrogen and oxygen atoms in total. The Hall–Kier alpha value is -3.38. The zero-order valence-electron chi connectivity index (χ0n) is 21.8. The Morgan fingerprint density at radius 2 is 2.00 bits per heavy atom. The number of nitrogens with zero attached hydrogens (tertiary/aromatic N) is 9. The van der Waals surface area contributed by atoms with Gasteiger partial charge in [0.25, 0.3) is 0 Å². The van der Waals surface area contributed by atoms with Crippen LogP contribution in [0.25, 0.3) is 0 Å². The van der Waals surface area contributed by atoms with E-state index in [0.29, 0.717) is 55.4 Å². The van der Waals surface area contributed by atoms with Crippen LogP contribution in [0.4, 0.5) is 21.3 Å². The minimum absolute atomic E-state index is 0.0411. The van der Waals surface area contributed by atoms with E-state index in [-0.39, 0.29) is 35.4 Å². The molecule has 2 atom stereocenters. The average molecular weight is 579 g/mol. The standard InChI is InChI=1S/C26H27FN10OS2/c27-16-8-25(2-1-6-36(25)10-16)15-38-23-33-21(32-22(34-23)37(7-5-28)24(12-30)3-4-24)35-13-26(14-35)19-17(9-29)20(31)40-18(19)11-39-26/h16H,1-4,6-8,10-11,13-15,31H2/t16-,25+/m1/s1. The summed E-state index contributed by atoms with van der Waals surface area (Å²) < 4.78 is 20.3. The van der Waals surface area contributed by atoms with E-state index in [1.165, 1.54) is 11.3 Å². The first kappa shape index (κ1) is 25.6. The lowest BCUT2D eigenvalue weighted by Gasteiger charge is -2.47. The molecule has 0 radical (unpaired) electrons. The van der Waals surface area contributed by atoms with E-state index >= 15 is 0 Å². The van der Waals surface area contributed by atoms with Gasteiger partial charge in [0, 0.05) is 42.2 Å². The van der Waals surface area contributed by atoms with Gasteiger partial charge < -0.3 is 20.3 Å². The molecule has 0 aromatic carbocycles. The van der Waals surface area contributed by atoms with E-state index in [2.05, 4.69) is 33.1 Å². The number of halogens is 1. The Kier molecular flexibility index (Phi) is 5.80. The second kappa shape index (κ2) is 9.07. The first-order chi connectivity index (χ1) is 19.3. The summed E-state index contributed by atoms with van der Waals surface area (Å²) in [4.78, 5) is 20.9. The monoisotopic (exact) mass is 578 g/mol. The maximum Gasteiger partial charge on any atom is 0.323 e. The van der Waals surface area contributed by atoms with Gasteiger partial charge in [-0.3, -0.25) is 4.90 Å². The van der Waals surface area contributed by atoms with Crippen molar-refractivity contribution in [3.8, 4) is 24.2 Å². The van der Waals surface area contributed by atoms with Gasteiger partial charge >= 0.3 is 6.01 Å². The predicted molar refractivity (Wildman–Crippen MR) is 148 cm³/mol. The molecule has 40 heavy (non-hydrogen) atoms. The summed E-state index contributed by atoms with van der Waals surface area (Å²) >= 11 is 3.29. The number of thiophene rings is 1. The molecule has 0 bridgehead atoms. The van der Waals surface area contributed by atoms with Crippen LogP contribution in [-0.2, 0) is 10.5 Å². The largest absolute Gasteiger partial charge is 0.461 e. The van der Waals surface area contributed by atoms with Gasteiger partial charge in [0.15, 0.2) is 0 Å². The summed E-state index contributed by atoms with van der Waals surface area (Å²) in [7, 11) is 0. The number of nitrogens with two attached hydrogens (primary N) is 1. The molecule has 206 valence electrons. The fourth-order valence-electron chi connectivity index (χ4n) is 6.78. The van der Waals surface area contributed by atoms with Gasteiger partial charge in [-0.15, -0.1) is 23.1 Å². The smallest absolute Gasteiger partial charge is 0.323 e. The number of alkyl halides is 1. The van der Waals surface area contributed by atoms with Crippen molar-refractivity contribution in [3.63, 3.8) is 0 Å². The molecule has 1 saturated carbocycles. The summed E-state index contributed by atoms with van der Waals surface area (Å²) in [5.41, 5.74) is 6.55. The van der Waals surface area contributed by atoms with E-state index in [1.54, 1.807) is 16.7 Å². The maximum absolute atomic E-state index is 14.3. The first-order valence-corrected chi connectivity index (χ1v) is 15.2. The number of aromatic nitrogens is 3. The Morgan fingerprint density at radius 1 is 1.18 bits per heavy atom. The lowest BCUT2D eigenvalue weighted by atomic mass is 9.88. The van der Waals surface area contributed by atoms with Gasteiger partial charge in [0.05, 0.1) is 28.0 Å². The molecule has 3 saturated heterocycles. The third kappa shape index (κ3) is 3.79.